The SMILES string of the molecule is CO.O.O.O=S(O)O.[H-].[Na+]. The summed E-state index contributed by atoms with van der Waals surface area (Å²) in [6.07, 6.45) is 0. The van der Waals surface area contributed by atoms with E-state index in [2.05, 4.69) is 0 Å². The summed E-state index contributed by atoms with van der Waals surface area (Å²) in [7, 11) is 1.00. The van der Waals surface area contributed by atoms with Gasteiger partial charge in [0, 0.05) is 7.11 Å². The predicted molar refractivity (Wildman–Crippen MR) is 29.9 cm³/mol. The van der Waals surface area contributed by atoms with Crippen LogP contribution >= 0.6 is 0 Å². The van der Waals surface area contributed by atoms with Crippen LogP contribution in [0, 0.1) is 0 Å². The number of rotatable bonds is 0. The molecule has 6 nitrogen and oxygen atoms in total. The maximum Gasteiger partial charge on any atom is 1.00 e. The van der Waals surface area contributed by atoms with E-state index in [-0.39, 0.29) is 41.9 Å². The van der Waals surface area contributed by atoms with E-state index >= 15 is 0 Å². The summed E-state index contributed by atoms with van der Waals surface area (Å²) in [5.41, 5.74) is 0. The van der Waals surface area contributed by atoms with Crippen LogP contribution in [0.25, 0.3) is 0 Å². The minimum atomic E-state index is -2.61. The summed E-state index contributed by atoms with van der Waals surface area (Å²) in [5.74, 6) is 0. The molecule has 0 rings (SSSR count). The fourth-order valence-electron chi connectivity index (χ4n) is 0. The van der Waals surface area contributed by atoms with Gasteiger partial charge in [0.25, 0.3) is 11.4 Å². The van der Waals surface area contributed by atoms with Crippen molar-refractivity contribution in [3.05, 3.63) is 0 Å². The molecule has 0 aliphatic heterocycles. The van der Waals surface area contributed by atoms with E-state index in [0.717, 1.165) is 7.11 Å². The third-order valence-electron chi connectivity index (χ3n) is 0. The summed E-state index contributed by atoms with van der Waals surface area (Å²) >= 11 is -2.61. The van der Waals surface area contributed by atoms with Crippen LogP contribution in [-0.4, -0.2) is 36.5 Å². The van der Waals surface area contributed by atoms with E-state index in [4.69, 9.17) is 18.4 Å². The molecule has 7 N–H and O–H groups in total. The van der Waals surface area contributed by atoms with Crippen LogP contribution in [0.1, 0.15) is 1.43 Å². The van der Waals surface area contributed by atoms with Gasteiger partial charge < -0.3 is 17.5 Å². The molecule has 58 valence electrons. The van der Waals surface area contributed by atoms with E-state index in [1.165, 1.54) is 0 Å². The van der Waals surface area contributed by atoms with Gasteiger partial charge in [0.15, 0.2) is 0 Å². The first-order valence-corrected chi connectivity index (χ1v) is 2.04. The zero-order chi connectivity index (χ0) is 5.58. The Morgan fingerprint density at radius 3 is 1.22 bits per heavy atom. The Morgan fingerprint density at radius 2 is 1.22 bits per heavy atom. The zero-order valence-corrected chi connectivity index (χ0v) is 7.97. The van der Waals surface area contributed by atoms with Crippen molar-refractivity contribution in [3.8, 4) is 0 Å². The second-order valence-electron chi connectivity index (χ2n) is 0.231. The minimum absolute atomic E-state index is 0. The van der Waals surface area contributed by atoms with Crippen molar-refractivity contribution in [1.82, 2.24) is 0 Å². The average Bonchev–Trinajstić information content (AvgIpc) is 1.41. The van der Waals surface area contributed by atoms with E-state index in [1.807, 2.05) is 0 Å². The van der Waals surface area contributed by atoms with Gasteiger partial charge in [-0.3, -0.25) is 9.11 Å². The van der Waals surface area contributed by atoms with Gasteiger partial charge in [-0.05, 0) is 0 Å². The van der Waals surface area contributed by atoms with Crippen LogP contribution in [0.15, 0.2) is 0 Å². The van der Waals surface area contributed by atoms with Crippen LogP contribution in [0.5, 0.6) is 0 Å². The quantitative estimate of drug-likeness (QED) is 0.249. The fourth-order valence-corrected chi connectivity index (χ4v) is 0. The fraction of sp³-hybridized carbons (Fsp3) is 1.00. The molecule has 0 bridgehead atoms. The van der Waals surface area contributed by atoms with E-state index in [9.17, 15) is 0 Å². The third-order valence-corrected chi connectivity index (χ3v) is 0. The van der Waals surface area contributed by atoms with Crippen LogP contribution < -0.4 is 29.6 Å². The first-order chi connectivity index (χ1) is 2.73. The van der Waals surface area contributed by atoms with Crippen LogP contribution in [0.3, 0.4) is 0 Å². The average molecular weight is 174 g/mol. The van der Waals surface area contributed by atoms with Crippen molar-refractivity contribution in [1.29, 1.82) is 0 Å². The van der Waals surface area contributed by atoms with Crippen LogP contribution in [-0.2, 0) is 11.4 Å². The van der Waals surface area contributed by atoms with Crippen molar-refractivity contribution < 1.29 is 60.4 Å². The Kier molecular flexibility index (Phi) is 131. The molecule has 0 heterocycles. The molecule has 0 aromatic heterocycles. The first-order valence-electron chi connectivity index (χ1n) is 0.979. The Labute approximate surface area is 78.8 Å². The summed E-state index contributed by atoms with van der Waals surface area (Å²) in [4.78, 5) is 0. The molecular weight excluding hydrogens is 163 g/mol. The molecule has 0 spiro atoms. The summed E-state index contributed by atoms with van der Waals surface area (Å²) in [6.45, 7) is 0. The maximum absolute atomic E-state index is 8.67. The van der Waals surface area contributed by atoms with E-state index in [0.29, 0.717) is 0 Å². The van der Waals surface area contributed by atoms with E-state index < -0.39 is 11.4 Å². The molecule has 0 saturated carbocycles. The van der Waals surface area contributed by atoms with Gasteiger partial charge in [-0.2, -0.15) is 4.21 Å². The molecule has 0 aliphatic rings. The Morgan fingerprint density at radius 1 is 1.22 bits per heavy atom. The number of aliphatic hydroxyl groups excluding tert-OH is 1. The molecule has 0 unspecified atom stereocenters. The standard InChI is InChI=1S/CH4O.Na.H2O3S.2H2O.H/c1-2;;1-4(2)3;;;/h2H,1H3;;(H2,1,2,3);2*1H2;/q;+1;;;;-1. The van der Waals surface area contributed by atoms with Crippen LogP contribution in [0.4, 0.5) is 0 Å². The Balaban J connectivity index is -0.00000000625. The molecule has 8 heteroatoms. The van der Waals surface area contributed by atoms with Gasteiger partial charge in [-0.25, -0.2) is 0 Å². The maximum atomic E-state index is 8.67. The molecule has 0 atom stereocenters. The Bertz CT molecular complexity index is 40.7. The Hall–Kier alpha value is 0.950. The van der Waals surface area contributed by atoms with E-state index in [1.54, 1.807) is 0 Å². The second kappa shape index (κ2) is 36.3. The molecule has 0 saturated heterocycles. The van der Waals surface area contributed by atoms with Crippen LogP contribution in [0.2, 0.25) is 0 Å². The summed E-state index contributed by atoms with van der Waals surface area (Å²) in [6, 6.07) is 0. The molecule has 0 amide bonds. The van der Waals surface area contributed by atoms with Crippen molar-refractivity contribution >= 4 is 11.4 Å². The molecule has 0 radical (unpaired) electrons. The van der Waals surface area contributed by atoms with Crippen molar-refractivity contribution in [3.63, 3.8) is 0 Å². The topological polar surface area (TPSA) is 141 Å². The van der Waals surface area contributed by atoms with Gasteiger partial charge in [-0.1, -0.05) is 0 Å². The molecular formula is CH11NaO6S. The number of aliphatic hydroxyl groups is 1. The summed E-state index contributed by atoms with van der Waals surface area (Å²) in [5, 5.41) is 7.00. The summed E-state index contributed by atoms with van der Waals surface area (Å²) < 4.78 is 22.8. The van der Waals surface area contributed by atoms with Crippen molar-refractivity contribution in [2.75, 3.05) is 7.11 Å². The van der Waals surface area contributed by atoms with Gasteiger partial charge in [0.1, 0.15) is 0 Å². The monoisotopic (exact) mass is 174 g/mol. The van der Waals surface area contributed by atoms with Crippen molar-refractivity contribution in [2.45, 2.75) is 0 Å². The molecule has 9 heavy (non-hydrogen) atoms. The number of hydrogen-bond acceptors (Lipinski definition) is 2. The van der Waals surface area contributed by atoms with Gasteiger partial charge >= 0.3 is 29.6 Å². The third kappa shape index (κ3) is 479. The number of hydrogen-bond donors (Lipinski definition) is 3. The molecule has 0 aromatic rings. The predicted octanol–water partition coefficient (Wildman–Crippen LogP) is -5.24. The normalized spacial score (nSPS) is 4.56. The van der Waals surface area contributed by atoms with Crippen molar-refractivity contribution in [2.24, 2.45) is 0 Å². The molecule has 0 aliphatic carbocycles. The molecule has 0 aromatic carbocycles. The minimum Gasteiger partial charge on any atom is -1.00 e. The van der Waals surface area contributed by atoms with Gasteiger partial charge in [0.05, 0.1) is 0 Å². The first kappa shape index (κ1) is 32.5. The largest absolute Gasteiger partial charge is 1.00 e. The van der Waals surface area contributed by atoms with Gasteiger partial charge in [-0.15, -0.1) is 0 Å². The molecule has 0 fully saturated rings. The van der Waals surface area contributed by atoms with Gasteiger partial charge in [0.2, 0.25) is 0 Å². The second-order valence-corrected chi connectivity index (χ2v) is 0.692. The zero-order valence-electron chi connectivity index (χ0n) is 6.16. The smallest absolute Gasteiger partial charge is 1.00 e.